The highest BCUT2D eigenvalue weighted by atomic mass is 19.3. The number of nitro benzene ring substituents is 1. The summed E-state index contributed by atoms with van der Waals surface area (Å²) in [6.45, 7) is 1.42. The summed E-state index contributed by atoms with van der Waals surface area (Å²) in [5, 5.41) is 14.0. The smallest absolute Gasteiger partial charge is 0.258 e. The van der Waals surface area contributed by atoms with Gasteiger partial charge < -0.3 is 0 Å². The molecule has 5 nitrogen and oxygen atoms in total. The van der Waals surface area contributed by atoms with Gasteiger partial charge in [0.05, 0.1) is 11.0 Å². The number of nitro groups is 1. The number of non-ortho nitro benzene ring substituents is 1. The Morgan fingerprint density at radius 1 is 1.42 bits per heavy atom. The summed E-state index contributed by atoms with van der Waals surface area (Å²) in [7, 11) is 0. The van der Waals surface area contributed by atoms with Gasteiger partial charge in [0.1, 0.15) is 11.4 Å². The zero-order valence-electron chi connectivity index (χ0n) is 9.68. The van der Waals surface area contributed by atoms with Gasteiger partial charge in [0.15, 0.2) is 5.82 Å². The van der Waals surface area contributed by atoms with Gasteiger partial charge in [0.2, 0.25) is 0 Å². The topological polar surface area (TPSA) is 61.0 Å². The van der Waals surface area contributed by atoms with Crippen molar-refractivity contribution >= 4 is 5.69 Å². The second kappa shape index (κ2) is 4.71. The van der Waals surface area contributed by atoms with Gasteiger partial charge in [-0.3, -0.25) is 10.1 Å². The summed E-state index contributed by atoms with van der Waals surface area (Å²) in [6, 6.07) is 2.92. The largest absolute Gasteiger partial charge is 0.282 e. The van der Waals surface area contributed by atoms with Gasteiger partial charge in [-0.05, 0) is 18.6 Å². The molecule has 100 valence electrons. The average Bonchev–Trinajstić information content (AvgIpc) is 2.71. The molecule has 0 saturated carbocycles. The van der Waals surface area contributed by atoms with Crippen LogP contribution in [0.3, 0.4) is 0 Å². The number of rotatable bonds is 3. The zero-order valence-corrected chi connectivity index (χ0v) is 9.68. The van der Waals surface area contributed by atoms with Crippen LogP contribution in [0.15, 0.2) is 24.4 Å². The first-order valence-electron chi connectivity index (χ1n) is 5.18. The fourth-order valence-electron chi connectivity index (χ4n) is 1.61. The summed E-state index contributed by atoms with van der Waals surface area (Å²) >= 11 is 0. The van der Waals surface area contributed by atoms with E-state index in [0.717, 1.165) is 16.8 Å². The predicted molar refractivity (Wildman–Crippen MR) is 59.9 cm³/mol. The molecule has 0 aliphatic carbocycles. The van der Waals surface area contributed by atoms with Crippen LogP contribution in [-0.4, -0.2) is 14.7 Å². The lowest BCUT2D eigenvalue weighted by Crippen LogP contribution is -2.00. The van der Waals surface area contributed by atoms with Crippen LogP contribution >= 0.6 is 0 Å². The molecule has 0 aliphatic heterocycles. The maximum atomic E-state index is 13.7. The molecule has 19 heavy (non-hydrogen) atoms. The van der Waals surface area contributed by atoms with Crippen molar-refractivity contribution in [1.29, 1.82) is 0 Å². The third kappa shape index (κ3) is 2.42. The predicted octanol–water partition coefficient (Wildman–Crippen LogP) is 3.17. The van der Waals surface area contributed by atoms with Crippen LogP contribution in [0.1, 0.15) is 17.7 Å². The standard InChI is InChI=1S/C11H8F3N3O2/c1-6-5-16(15-10(6)11(13)14)9-3-2-7(17(18)19)4-8(9)12/h2-5,11H,1H3. The second-order valence-corrected chi connectivity index (χ2v) is 3.84. The molecule has 0 saturated heterocycles. The Hall–Kier alpha value is -2.38. The summed E-state index contributed by atoms with van der Waals surface area (Å²) in [5.41, 5.74) is -0.773. The van der Waals surface area contributed by atoms with Gasteiger partial charge in [0, 0.05) is 12.3 Å². The first kappa shape index (κ1) is 13.1. The Balaban J connectivity index is 2.48. The third-order valence-corrected chi connectivity index (χ3v) is 2.53. The quantitative estimate of drug-likeness (QED) is 0.636. The Morgan fingerprint density at radius 3 is 2.58 bits per heavy atom. The van der Waals surface area contributed by atoms with E-state index in [1.165, 1.54) is 13.1 Å². The molecule has 2 aromatic rings. The Morgan fingerprint density at radius 2 is 2.11 bits per heavy atom. The van der Waals surface area contributed by atoms with Crippen LogP contribution < -0.4 is 0 Å². The molecule has 0 atom stereocenters. The highest BCUT2D eigenvalue weighted by Gasteiger charge is 2.18. The van der Waals surface area contributed by atoms with E-state index in [-0.39, 0.29) is 11.3 Å². The molecule has 1 aromatic carbocycles. The van der Waals surface area contributed by atoms with Gasteiger partial charge >= 0.3 is 0 Å². The molecule has 0 spiro atoms. The molecule has 0 N–H and O–H groups in total. The van der Waals surface area contributed by atoms with Crippen LogP contribution in [0.25, 0.3) is 5.69 Å². The SMILES string of the molecule is Cc1cn(-c2ccc([N+](=O)[O-])cc2F)nc1C(F)F. The van der Waals surface area contributed by atoms with Crippen molar-refractivity contribution < 1.29 is 18.1 Å². The van der Waals surface area contributed by atoms with Crippen LogP contribution in [0, 0.1) is 22.9 Å². The average molecular weight is 271 g/mol. The number of hydrogen-bond acceptors (Lipinski definition) is 3. The molecule has 0 bridgehead atoms. The lowest BCUT2D eigenvalue weighted by Gasteiger charge is -2.02. The van der Waals surface area contributed by atoms with Crippen molar-refractivity contribution in [3.05, 3.63) is 51.6 Å². The van der Waals surface area contributed by atoms with E-state index >= 15 is 0 Å². The summed E-state index contributed by atoms with van der Waals surface area (Å²) in [5.74, 6) is -0.905. The highest BCUT2D eigenvalue weighted by Crippen LogP contribution is 2.24. The number of benzene rings is 1. The summed E-state index contributed by atoms with van der Waals surface area (Å²) in [6.07, 6.45) is -1.52. The third-order valence-electron chi connectivity index (χ3n) is 2.53. The monoisotopic (exact) mass is 271 g/mol. The Kier molecular flexibility index (Phi) is 3.24. The molecule has 0 fully saturated rings. The number of aromatic nitrogens is 2. The molecule has 1 aromatic heterocycles. The molecule has 0 unspecified atom stereocenters. The summed E-state index contributed by atoms with van der Waals surface area (Å²) < 4.78 is 39.8. The van der Waals surface area contributed by atoms with Gasteiger partial charge in [-0.2, -0.15) is 5.10 Å². The molecular formula is C11H8F3N3O2. The number of hydrogen-bond donors (Lipinski definition) is 0. The maximum Gasteiger partial charge on any atom is 0.282 e. The minimum absolute atomic E-state index is 0.124. The van der Waals surface area contributed by atoms with E-state index in [4.69, 9.17) is 0 Å². The number of aryl methyl sites for hydroxylation is 1. The van der Waals surface area contributed by atoms with Crippen LogP contribution in [0.2, 0.25) is 0 Å². The van der Waals surface area contributed by atoms with Crippen molar-refractivity contribution in [2.24, 2.45) is 0 Å². The van der Waals surface area contributed by atoms with Crippen molar-refractivity contribution in [3.63, 3.8) is 0 Å². The van der Waals surface area contributed by atoms with Gasteiger partial charge in [-0.15, -0.1) is 0 Å². The van der Waals surface area contributed by atoms with Crippen LogP contribution in [0.4, 0.5) is 18.9 Å². The molecule has 0 amide bonds. The molecule has 0 aliphatic rings. The summed E-state index contributed by atoms with van der Waals surface area (Å²) in [4.78, 5) is 9.72. The van der Waals surface area contributed by atoms with Crippen molar-refractivity contribution in [2.75, 3.05) is 0 Å². The highest BCUT2D eigenvalue weighted by molar-refractivity contribution is 5.42. The molecule has 1 heterocycles. The number of nitrogens with zero attached hydrogens (tertiary/aromatic N) is 3. The van der Waals surface area contributed by atoms with Gasteiger partial charge in [-0.1, -0.05) is 0 Å². The number of halogens is 3. The Bertz CT molecular complexity index is 640. The van der Waals surface area contributed by atoms with E-state index < -0.39 is 28.5 Å². The fourth-order valence-corrected chi connectivity index (χ4v) is 1.61. The van der Waals surface area contributed by atoms with Crippen LogP contribution in [-0.2, 0) is 0 Å². The van der Waals surface area contributed by atoms with E-state index in [0.29, 0.717) is 6.07 Å². The lowest BCUT2D eigenvalue weighted by molar-refractivity contribution is -0.385. The normalized spacial score (nSPS) is 11.0. The zero-order chi connectivity index (χ0) is 14.2. The van der Waals surface area contributed by atoms with Crippen LogP contribution in [0.5, 0.6) is 0 Å². The fraction of sp³-hybridized carbons (Fsp3) is 0.182. The maximum absolute atomic E-state index is 13.7. The lowest BCUT2D eigenvalue weighted by atomic mass is 10.2. The molecule has 8 heteroatoms. The van der Waals surface area contributed by atoms with E-state index in [1.807, 2.05) is 0 Å². The van der Waals surface area contributed by atoms with Crippen molar-refractivity contribution in [3.8, 4) is 5.69 Å². The first-order chi connectivity index (χ1) is 8.90. The second-order valence-electron chi connectivity index (χ2n) is 3.84. The minimum Gasteiger partial charge on any atom is -0.258 e. The van der Waals surface area contributed by atoms with Gasteiger partial charge in [0.25, 0.3) is 12.1 Å². The van der Waals surface area contributed by atoms with Gasteiger partial charge in [-0.25, -0.2) is 17.9 Å². The molecule has 0 radical (unpaired) electrons. The van der Waals surface area contributed by atoms with Crippen molar-refractivity contribution in [2.45, 2.75) is 13.3 Å². The molecular weight excluding hydrogens is 263 g/mol. The van der Waals surface area contributed by atoms with E-state index in [2.05, 4.69) is 5.10 Å². The molecule has 2 rings (SSSR count). The first-order valence-corrected chi connectivity index (χ1v) is 5.18. The van der Waals surface area contributed by atoms with Crippen molar-refractivity contribution in [1.82, 2.24) is 9.78 Å². The minimum atomic E-state index is -2.76. The number of alkyl halides is 2. The van der Waals surface area contributed by atoms with E-state index in [9.17, 15) is 23.3 Å². The Labute approximate surface area is 105 Å². The van der Waals surface area contributed by atoms with E-state index in [1.54, 1.807) is 0 Å².